The molecule has 1 amide bonds. The van der Waals surface area contributed by atoms with Gasteiger partial charge in [0.15, 0.2) is 5.16 Å². The Bertz CT molecular complexity index is 843. The molecule has 0 bridgehead atoms. The van der Waals surface area contributed by atoms with Gasteiger partial charge >= 0.3 is 0 Å². The van der Waals surface area contributed by atoms with Gasteiger partial charge < -0.3 is 14.7 Å². The van der Waals surface area contributed by atoms with Gasteiger partial charge in [0.05, 0.1) is 5.75 Å². The van der Waals surface area contributed by atoms with E-state index in [1.54, 1.807) is 0 Å². The lowest BCUT2D eigenvalue weighted by atomic mass is 9.99. The summed E-state index contributed by atoms with van der Waals surface area (Å²) >= 11 is 7.63. The maximum Gasteiger partial charge on any atom is 0.233 e. The first-order valence-corrected chi connectivity index (χ1v) is 12.2. The number of amides is 1. The number of hydrogen-bond donors (Lipinski definition) is 0. The van der Waals surface area contributed by atoms with Crippen LogP contribution in [0.25, 0.3) is 0 Å². The molecule has 0 unspecified atom stereocenters. The lowest BCUT2D eigenvalue weighted by Gasteiger charge is -2.31. The molecule has 0 radical (unpaired) electrons. The zero-order valence-electron chi connectivity index (χ0n) is 18.6. The highest BCUT2D eigenvalue weighted by atomic mass is 35.5. The van der Waals surface area contributed by atoms with Gasteiger partial charge in [-0.1, -0.05) is 60.6 Å². The van der Waals surface area contributed by atoms with Crippen molar-refractivity contribution < 1.29 is 4.79 Å². The van der Waals surface area contributed by atoms with Gasteiger partial charge in [-0.15, -0.1) is 0 Å². The molecule has 1 aromatic heterocycles. The molecule has 6 nitrogen and oxygen atoms in total. The van der Waals surface area contributed by atoms with E-state index in [1.165, 1.54) is 11.8 Å². The molecule has 0 saturated carbocycles. The minimum atomic E-state index is 0.0765. The molecule has 2 aromatic rings. The van der Waals surface area contributed by atoms with Crippen molar-refractivity contribution in [2.45, 2.75) is 31.5 Å². The van der Waals surface area contributed by atoms with Gasteiger partial charge in [0, 0.05) is 38.8 Å². The Morgan fingerprint density at radius 3 is 2.55 bits per heavy atom. The third-order valence-corrected chi connectivity index (χ3v) is 6.51. The van der Waals surface area contributed by atoms with Crippen LogP contribution in [-0.4, -0.2) is 71.7 Å². The molecular formula is C23H32ClN5OS. The van der Waals surface area contributed by atoms with Crippen LogP contribution in [0.5, 0.6) is 0 Å². The molecule has 2 heterocycles. The molecule has 8 heteroatoms. The third kappa shape index (κ3) is 7.66. The van der Waals surface area contributed by atoms with Gasteiger partial charge in [-0.2, -0.15) is 0 Å². The number of likely N-dealkylation sites (N-methyl/N-ethyl adjacent to an activating group) is 1. The van der Waals surface area contributed by atoms with Crippen molar-refractivity contribution in [1.82, 2.24) is 19.8 Å². The van der Waals surface area contributed by atoms with E-state index in [1.807, 2.05) is 43.3 Å². The summed E-state index contributed by atoms with van der Waals surface area (Å²) in [6, 6.07) is 11.9. The lowest BCUT2D eigenvalue weighted by Crippen LogP contribution is -2.37. The largest absolute Gasteiger partial charge is 0.356 e. The van der Waals surface area contributed by atoms with E-state index in [-0.39, 0.29) is 11.7 Å². The Hall–Kier alpha value is -1.83. The van der Waals surface area contributed by atoms with Gasteiger partial charge in [0.2, 0.25) is 5.91 Å². The van der Waals surface area contributed by atoms with E-state index in [0.717, 1.165) is 49.8 Å². The Balaban J connectivity index is 1.63. The summed E-state index contributed by atoms with van der Waals surface area (Å²) in [5, 5.41) is 0.981. The first-order chi connectivity index (χ1) is 14.9. The Kier molecular flexibility index (Phi) is 8.99. The second-order valence-corrected chi connectivity index (χ2v) is 9.72. The number of thioether (sulfide) groups is 1. The molecule has 0 atom stereocenters. The fraction of sp³-hybridized carbons (Fsp3) is 0.522. The highest BCUT2D eigenvalue weighted by Crippen LogP contribution is 2.26. The topological polar surface area (TPSA) is 52.6 Å². The first kappa shape index (κ1) is 23.8. The number of hydrogen-bond acceptors (Lipinski definition) is 6. The zero-order chi connectivity index (χ0) is 22.2. The molecule has 3 rings (SSSR count). The fourth-order valence-corrected chi connectivity index (χ4v) is 4.47. The summed E-state index contributed by atoms with van der Waals surface area (Å²) in [6.07, 6.45) is 2.31. The minimum Gasteiger partial charge on any atom is -0.356 e. The van der Waals surface area contributed by atoms with Crippen LogP contribution >= 0.6 is 23.4 Å². The Morgan fingerprint density at radius 2 is 1.87 bits per heavy atom. The lowest BCUT2D eigenvalue weighted by molar-refractivity contribution is -0.129. The standard InChI is InChI=1S/C23H32ClN5OS/c1-18-9-11-28(12-10-18)21-15-20(24)25-23(26-21)31-17-22(30)29(14-13-27(2)3)16-19-7-5-4-6-8-19/h4-8,15,18H,9-14,16-17H2,1-3H3. The van der Waals surface area contributed by atoms with Crippen LogP contribution < -0.4 is 4.90 Å². The number of piperidine rings is 1. The van der Waals surface area contributed by atoms with E-state index in [9.17, 15) is 4.79 Å². The predicted octanol–water partition coefficient (Wildman–Crippen LogP) is 4.05. The van der Waals surface area contributed by atoms with Crippen molar-refractivity contribution in [1.29, 1.82) is 0 Å². The Labute approximate surface area is 195 Å². The molecule has 1 aromatic carbocycles. The van der Waals surface area contributed by atoms with Crippen molar-refractivity contribution in [3.05, 3.63) is 47.1 Å². The second-order valence-electron chi connectivity index (χ2n) is 8.39. The highest BCUT2D eigenvalue weighted by molar-refractivity contribution is 7.99. The molecule has 168 valence electrons. The highest BCUT2D eigenvalue weighted by Gasteiger charge is 2.20. The number of anilines is 1. The fourth-order valence-electron chi connectivity index (χ4n) is 3.48. The van der Waals surface area contributed by atoms with Crippen molar-refractivity contribution in [3.63, 3.8) is 0 Å². The minimum absolute atomic E-state index is 0.0765. The van der Waals surface area contributed by atoms with Crippen LogP contribution in [0.3, 0.4) is 0 Å². The Morgan fingerprint density at radius 1 is 1.16 bits per heavy atom. The van der Waals surface area contributed by atoms with Gasteiger partial charge in [-0.25, -0.2) is 9.97 Å². The summed E-state index contributed by atoms with van der Waals surface area (Å²) in [5.74, 6) is 1.97. The molecule has 0 spiro atoms. The molecule has 0 aliphatic carbocycles. The summed E-state index contributed by atoms with van der Waals surface area (Å²) in [4.78, 5) is 28.3. The summed E-state index contributed by atoms with van der Waals surface area (Å²) in [7, 11) is 4.03. The van der Waals surface area contributed by atoms with E-state index in [0.29, 0.717) is 23.4 Å². The van der Waals surface area contributed by atoms with Gasteiger partial charge in [-0.3, -0.25) is 4.79 Å². The number of aromatic nitrogens is 2. The number of rotatable bonds is 9. The van der Waals surface area contributed by atoms with Crippen molar-refractivity contribution in [3.8, 4) is 0 Å². The van der Waals surface area contributed by atoms with Crippen LogP contribution in [0.15, 0.2) is 41.6 Å². The molecule has 31 heavy (non-hydrogen) atoms. The number of carbonyl (C=O) groups is 1. The van der Waals surface area contributed by atoms with Gasteiger partial charge in [0.1, 0.15) is 11.0 Å². The number of halogens is 1. The molecule has 1 aliphatic rings. The van der Waals surface area contributed by atoms with Crippen molar-refractivity contribution in [2.24, 2.45) is 5.92 Å². The van der Waals surface area contributed by atoms with Gasteiger partial charge in [-0.05, 0) is 38.4 Å². The monoisotopic (exact) mass is 461 g/mol. The maximum absolute atomic E-state index is 13.0. The summed E-state index contributed by atoms with van der Waals surface area (Å²) in [5.41, 5.74) is 1.13. The molecular weight excluding hydrogens is 430 g/mol. The number of carbonyl (C=O) groups excluding carboxylic acids is 1. The molecule has 0 N–H and O–H groups in total. The van der Waals surface area contributed by atoms with Crippen molar-refractivity contribution >= 4 is 35.1 Å². The molecule has 1 fully saturated rings. The van der Waals surface area contributed by atoms with E-state index >= 15 is 0 Å². The number of nitrogens with zero attached hydrogens (tertiary/aromatic N) is 5. The van der Waals surface area contributed by atoms with E-state index in [2.05, 4.69) is 38.8 Å². The molecule has 1 saturated heterocycles. The van der Waals surface area contributed by atoms with Crippen LogP contribution in [0.1, 0.15) is 25.3 Å². The smallest absolute Gasteiger partial charge is 0.233 e. The SMILES string of the molecule is CC1CCN(c2cc(Cl)nc(SCC(=O)N(CCN(C)C)Cc3ccccc3)n2)CC1. The predicted molar refractivity (Wildman–Crippen MR) is 129 cm³/mol. The van der Waals surface area contributed by atoms with Crippen LogP contribution in [-0.2, 0) is 11.3 Å². The van der Waals surface area contributed by atoms with Crippen LogP contribution in [0, 0.1) is 5.92 Å². The molecule has 1 aliphatic heterocycles. The van der Waals surface area contributed by atoms with Crippen LogP contribution in [0.4, 0.5) is 5.82 Å². The summed E-state index contributed by atoms with van der Waals surface area (Å²) in [6.45, 7) is 6.33. The number of benzene rings is 1. The zero-order valence-corrected chi connectivity index (χ0v) is 20.2. The van der Waals surface area contributed by atoms with E-state index < -0.39 is 0 Å². The normalized spacial score (nSPS) is 14.8. The first-order valence-electron chi connectivity index (χ1n) is 10.8. The summed E-state index contributed by atoms with van der Waals surface area (Å²) < 4.78 is 0. The second kappa shape index (κ2) is 11.7. The van der Waals surface area contributed by atoms with Gasteiger partial charge in [0.25, 0.3) is 0 Å². The van der Waals surface area contributed by atoms with E-state index in [4.69, 9.17) is 11.6 Å². The average molecular weight is 462 g/mol. The quantitative estimate of drug-likeness (QED) is 0.319. The maximum atomic E-state index is 13.0. The van der Waals surface area contributed by atoms with Crippen molar-refractivity contribution in [2.75, 3.05) is 50.9 Å². The van der Waals surface area contributed by atoms with Crippen LogP contribution in [0.2, 0.25) is 5.15 Å². The average Bonchev–Trinajstić information content (AvgIpc) is 2.75. The third-order valence-electron chi connectivity index (χ3n) is 5.48.